The summed E-state index contributed by atoms with van der Waals surface area (Å²) in [4.78, 5) is 13.6. The van der Waals surface area contributed by atoms with Crippen molar-refractivity contribution in [3.05, 3.63) is 64.9 Å². The summed E-state index contributed by atoms with van der Waals surface area (Å²) in [5.41, 5.74) is 0.227. The second-order valence-electron chi connectivity index (χ2n) is 4.85. The summed E-state index contributed by atoms with van der Waals surface area (Å²) in [6.45, 7) is 0.789. The number of ether oxygens (including phenoxy) is 1. The minimum atomic E-state index is -0.463. The van der Waals surface area contributed by atoms with E-state index in [0.717, 1.165) is 5.75 Å². The number of carbonyl (C=O) groups is 1. The molecule has 0 aliphatic rings. The van der Waals surface area contributed by atoms with Crippen LogP contribution < -0.4 is 4.74 Å². The quantitative estimate of drug-likeness (QED) is 0.814. The number of rotatable bonds is 6. The number of amides is 1. The molecule has 22 heavy (non-hydrogen) atoms. The number of hydrogen-bond acceptors (Lipinski definition) is 2. The second-order valence-corrected chi connectivity index (χ2v) is 5.26. The smallest absolute Gasteiger partial charge is 0.227 e. The zero-order valence-corrected chi connectivity index (χ0v) is 13.0. The zero-order valence-electron chi connectivity index (χ0n) is 12.3. The van der Waals surface area contributed by atoms with E-state index < -0.39 is 5.82 Å². The van der Waals surface area contributed by atoms with Crippen molar-refractivity contribution in [1.82, 2.24) is 4.90 Å². The molecule has 0 heterocycles. The molecule has 0 spiro atoms. The van der Waals surface area contributed by atoms with Gasteiger partial charge < -0.3 is 9.64 Å². The SMILES string of the molecule is CN(CCOc1ccccc1)C(=O)Cc1c(F)cccc1Cl. The first kappa shape index (κ1) is 16.3. The van der Waals surface area contributed by atoms with Crippen LogP contribution in [0.15, 0.2) is 48.5 Å². The molecule has 3 nitrogen and oxygen atoms in total. The molecule has 0 N–H and O–H groups in total. The molecule has 0 saturated heterocycles. The molecule has 2 aromatic carbocycles. The largest absolute Gasteiger partial charge is 0.492 e. The van der Waals surface area contributed by atoms with E-state index in [2.05, 4.69) is 0 Å². The van der Waals surface area contributed by atoms with E-state index in [0.29, 0.717) is 13.2 Å². The minimum Gasteiger partial charge on any atom is -0.492 e. The van der Waals surface area contributed by atoms with Gasteiger partial charge in [-0.25, -0.2) is 4.39 Å². The molecule has 5 heteroatoms. The number of hydrogen-bond donors (Lipinski definition) is 0. The van der Waals surface area contributed by atoms with Crippen LogP contribution in [-0.2, 0) is 11.2 Å². The van der Waals surface area contributed by atoms with Gasteiger partial charge in [-0.1, -0.05) is 35.9 Å². The van der Waals surface area contributed by atoms with E-state index in [1.165, 1.54) is 17.0 Å². The molecule has 0 saturated carbocycles. The molecule has 116 valence electrons. The predicted octanol–water partition coefficient (Wildman–Crippen LogP) is 3.56. The molecule has 0 aliphatic heterocycles. The van der Waals surface area contributed by atoms with Crippen LogP contribution >= 0.6 is 11.6 Å². The van der Waals surface area contributed by atoms with Gasteiger partial charge in [0.25, 0.3) is 0 Å². The zero-order chi connectivity index (χ0) is 15.9. The van der Waals surface area contributed by atoms with Gasteiger partial charge in [0.15, 0.2) is 0 Å². The van der Waals surface area contributed by atoms with Crippen LogP contribution in [0, 0.1) is 5.82 Å². The molecule has 0 aliphatic carbocycles. The fourth-order valence-electron chi connectivity index (χ4n) is 1.93. The van der Waals surface area contributed by atoms with Crippen molar-refractivity contribution in [2.45, 2.75) is 6.42 Å². The molecule has 2 rings (SSSR count). The van der Waals surface area contributed by atoms with Gasteiger partial charge in [-0.3, -0.25) is 4.79 Å². The normalized spacial score (nSPS) is 10.3. The molecule has 1 amide bonds. The van der Waals surface area contributed by atoms with Gasteiger partial charge in [-0.15, -0.1) is 0 Å². The predicted molar refractivity (Wildman–Crippen MR) is 84.7 cm³/mol. The number of nitrogens with zero attached hydrogens (tertiary/aromatic N) is 1. The Balaban J connectivity index is 1.85. The number of carbonyl (C=O) groups excluding carboxylic acids is 1. The van der Waals surface area contributed by atoms with E-state index >= 15 is 0 Å². The van der Waals surface area contributed by atoms with Gasteiger partial charge in [-0.05, 0) is 24.3 Å². The first-order chi connectivity index (χ1) is 10.6. The number of likely N-dealkylation sites (N-methyl/N-ethyl adjacent to an activating group) is 1. The summed E-state index contributed by atoms with van der Waals surface area (Å²) < 4.78 is 19.2. The summed E-state index contributed by atoms with van der Waals surface area (Å²) >= 11 is 5.93. The first-order valence-corrected chi connectivity index (χ1v) is 7.30. The Kier molecular flexibility index (Phi) is 5.78. The molecular weight excluding hydrogens is 305 g/mol. The van der Waals surface area contributed by atoms with Gasteiger partial charge in [0.2, 0.25) is 5.91 Å². The maximum Gasteiger partial charge on any atom is 0.227 e. The summed E-state index contributed by atoms with van der Waals surface area (Å²) in [7, 11) is 1.66. The second kappa shape index (κ2) is 7.80. The standard InChI is InChI=1S/C17H17ClFNO2/c1-20(10-11-22-13-6-3-2-4-7-13)17(21)12-14-15(18)8-5-9-16(14)19/h2-9H,10-12H2,1H3. The van der Waals surface area contributed by atoms with Crippen molar-refractivity contribution in [3.8, 4) is 5.75 Å². The van der Waals surface area contributed by atoms with E-state index in [4.69, 9.17) is 16.3 Å². The number of para-hydroxylation sites is 1. The van der Waals surface area contributed by atoms with Crippen molar-refractivity contribution in [2.24, 2.45) is 0 Å². The van der Waals surface area contributed by atoms with Gasteiger partial charge in [0, 0.05) is 17.6 Å². The summed E-state index contributed by atoms with van der Waals surface area (Å²) in [5, 5.41) is 0.266. The molecule has 2 aromatic rings. The van der Waals surface area contributed by atoms with Gasteiger partial charge in [0.05, 0.1) is 13.0 Å². The fraction of sp³-hybridized carbons (Fsp3) is 0.235. The Labute approximate surface area is 134 Å². The van der Waals surface area contributed by atoms with E-state index in [-0.39, 0.29) is 22.9 Å². The van der Waals surface area contributed by atoms with Crippen LogP contribution in [0.25, 0.3) is 0 Å². The lowest BCUT2D eigenvalue weighted by Gasteiger charge is -2.18. The topological polar surface area (TPSA) is 29.5 Å². The third-order valence-electron chi connectivity index (χ3n) is 3.25. The Hall–Kier alpha value is -2.07. The van der Waals surface area contributed by atoms with Gasteiger partial charge in [0.1, 0.15) is 18.2 Å². The highest BCUT2D eigenvalue weighted by molar-refractivity contribution is 6.31. The average Bonchev–Trinajstić information content (AvgIpc) is 2.52. The highest BCUT2D eigenvalue weighted by Gasteiger charge is 2.15. The molecule has 0 radical (unpaired) electrons. The molecule has 0 fully saturated rings. The third kappa shape index (κ3) is 4.46. The van der Waals surface area contributed by atoms with Crippen LogP contribution in [0.4, 0.5) is 4.39 Å². The van der Waals surface area contributed by atoms with Gasteiger partial charge >= 0.3 is 0 Å². The Morgan fingerprint density at radius 1 is 1.18 bits per heavy atom. The summed E-state index contributed by atoms with van der Waals surface area (Å²) in [6.07, 6.45) is -0.0622. The van der Waals surface area contributed by atoms with E-state index in [1.54, 1.807) is 13.1 Å². The Bertz CT molecular complexity index is 614. The van der Waals surface area contributed by atoms with E-state index in [9.17, 15) is 9.18 Å². The van der Waals surface area contributed by atoms with Crippen LogP contribution in [-0.4, -0.2) is 31.0 Å². The maximum atomic E-state index is 13.7. The van der Waals surface area contributed by atoms with Crippen LogP contribution in [0.5, 0.6) is 5.75 Å². The maximum absolute atomic E-state index is 13.7. The summed E-state index contributed by atoms with van der Waals surface area (Å²) in [6, 6.07) is 13.7. The molecule has 0 atom stereocenters. The van der Waals surface area contributed by atoms with Crippen LogP contribution in [0.3, 0.4) is 0 Å². The molecule has 0 unspecified atom stereocenters. The average molecular weight is 322 g/mol. The van der Waals surface area contributed by atoms with Crippen LogP contribution in [0.2, 0.25) is 5.02 Å². The third-order valence-corrected chi connectivity index (χ3v) is 3.61. The lowest BCUT2D eigenvalue weighted by atomic mass is 10.1. The number of benzene rings is 2. The lowest BCUT2D eigenvalue weighted by molar-refractivity contribution is -0.129. The highest BCUT2D eigenvalue weighted by atomic mass is 35.5. The molecule has 0 bridgehead atoms. The van der Waals surface area contributed by atoms with Crippen molar-refractivity contribution in [1.29, 1.82) is 0 Å². The van der Waals surface area contributed by atoms with Crippen molar-refractivity contribution in [3.63, 3.8) is 0 Å². The van der Waals surface area contributed by atoms with Gasteiger partial charge in [-0.2, -0.15) is 0 Å². The monoisotopic (exact) mass is 321 g/mol. The minimum absolute atomic E-state index is 0.0622. The number of halogens is 2. The van der Waals surface area contributed by atoms with Crippen molar-refractivity contribution in [2.75, 3.05) is 20.2 Å². The van der Waals surface area contributed by atoms with Crippen molar-refractivity contribution >= 4 is 17.5 Å². The highest BCUT2D eigenvalue weighted by Crippen LogP contribution is 2.20. The first-order valence-electron chi connectivity index (χ1n) is 6.92. The Morgan fingerprint density at radius 2 is 1.91 bits per heavy atom. The molecule has 0 aromatic heterocycles. The lowest BCUT2D eigenvalue weighted by Crippen LogP contribution is -2.32. The fourth-order valence-corrected chi connectivity index (χ4v) is 2.16. The van der Waals surface area contributed by atoms with E-state index in [1.807, 2.05) is 30.3 Å². The summed E-state index contributed by atoms with van der Waals surface area (Å²) in [5.74, 6) is 0.0824. The Morgan fingerprint density at radius 3 is 2.59 bits per heavy atom. The molecular formula is C17H17ClFNO2. The van der Waals surface area contributed by atoms with Crippen molar-refractivity contribution < 1.29 is 13.9 Å². The van der Waals surface area contributed by atoms with Crippen LogP contribution in [0.1, 0.15) is 5.56 Å².